The summed E-state index contributed by atoms with van der Waals surface area (Å²) in [6, 6.07) is 9.29. The standard InChI is InChI=1S/C18H16N4O6S/c23-12-5-3-11(4-6-12)22-17(27)14(8-15(24)19-10-16(25)26)29-18(22)21-20-9-13-2-1-7-28-13/h1-7,9,14,23H,8,10H2,(H,19,24)(H,25,26)/b20-9+,21-18+. The van der Waals surface area contributed by atoms with Gasteiger partial charge in [0.1, 0.15) is 23.3 Å². The Kier molecular flexibility index (Phi) is 6.29. The first kappa shape index (κ1) is 20.1. The van der Waals surface area contributed by atoms with Crippen LogP contribution in [0.1, 0.15) is 12.2 Å². The summed E-state index contributed by atoms with van der Waals surface area (Å²) in [6.45, 7) is -0.527. The number of carboxylic acid groups (broad SMARTS) is 1. The SMILES string of the molecule is O=C(O)CNC(=O)CC1S/C(=N/N=C/c2ccco2)N(c2ccc(O)cc2)C1=O. The predicted octanol–water partition coefficient (Wildman–Crippen LogP) is 1.41. The summed E-state index contributed by atoms with van der Waals surface area (Å²) in [5, 5.41) is 27.8. The van der Waals surface area contributed by atoms with E-state index in [2.05, 4.69) is 15.5 Å². The molecule has 150 valence electrons. The summed E-state index contributed by atoms with van der Waals surface area (Å²) < 4.78 is 5.13. The van der Waals surface area contributed by atoms with Gasteiger partial charge in [-0.25, -0.2) is 0 Å². The summed E-state index contributed by atoms with van der Waals surface area (Å²) in [5.41, 5.74) is 0.445. The van der Waals surface area contributed by atoms with Crippen molar-refractivity contribution >= 4 is 46.6 Å². The van der Waals surface area contributed by atoms with Crippen molar-refractivity contribution in [3.63, 3.8) is 0 Å². The molecule has 0 aliphatic carbocycles. The average molecular weight is 416 g/mol. The second-order valence-electron chi connectivity index (χ2n) is 5.81. The van der Waals surface area contributed by atoms with E-state index in [0.29, 0.717) is 11.4 Å². The molecule has 0 bridgehead atoms. The molecular weight excluding hydrogens is 400 g/mol. The molecule has 3 N–H and O–H groups in total. The Bertz CT molecular complexity index is 955. The second-order valence-corrected chi connectivity index (χ2v) is 6.98. The zero-order chi connectivity index (χ0) is 20.8. The number of carboxylic acids is 1. The number of carbonyl (C=O) groups excluding carboxylic acids is 2. The van der Waals surface area contributed by atoms with Gasteiger partial charge < -0.3 is 19.9 Å². The number of nitrogens with zero attached hydrogens (tertiary/aromatic N) is 3. The van der Waals surface area contributed by atoms with Crippen molar-refractivity contribution in [1.29, 1.82) is 0 Å². The fraction of sp³-hybridized carbons (Fsp3) is 0.167. The van der Waals surface area contributed by atoms with Gasteiger partial charge in [0.25, 0.3) is 0 Å². The maximum atomic E-state index is 12.9. The molecule has 29 heavy (non-hydrogen) atoms. The monoisotopic (exact) mass is 416 g/mol. The Morgan fingerprint density at radius 3 is 2.69 bits per heavy atom. The number of hydrogen-bond donors (Lipinski definition) is 3. The van der Waals surface area contributed by atoms with E-state index >= 15 is 0 Å². The lowest BCUT2D eigenvalue weighted by Gasteiger charge is -2.15. The third-order valence-corrected chi connectivity index (χ3v) is 4.85. The van der Waals surface area contributed by atoms with Crippen molar-refractivity contribution < 1.29 is 29.0 Å². The first-order valence-electron chi connectivity index (χ1n) is 8.36. The van der Waals surface area contributed by atoms with E-state index in [0.717, 1.165) is 11.8 Å². The van der Waals surface area contributed by atoms with Crippen molar-refractivity contribution in [1.82, 2.24) is 5.32 Å². The van der Waals surface area contributed by atoms with Crippen molar-refractivity contribution in [2.45, 2.75) is 11.7 Å². The molecule has 11 heteroatoms. The number of phenolic OH excluding ortho intramolecular Hbond substituents is 1. The molecule has 1 saturated heterocycles. The molecule has 1 aromatic heterocycles. The number of amidine groups is 1. The van der Waals surface area contributed by atoms with E-state index in [-0.39, 0.29) is 17.3 Å². The van der Waals surface area contributed by atoms with Crippen LogP contribution in [0.2, 0.25) is 0 Å². The van der Waals surface area contributed by atoms with E-state index < -0.39 is 29.6 Å². The van der Waals surface area contributed by atoms with Crippen molar-refractivity contribution in [3.05, 3.63) is 48.4 Å². The topological polar surface area (TPSA) is 145 Å². The lowest BCUT2D eigenvalue weighted by molar-refractivity contribution is -0.137. The number of rotatable bonds is 7. The number of nitrogens with one attached hydrogen (secondary N) is 1. The lowest BCUT2D eigenvalue weighted by atomic mass is 10.2. The molecule has 0 radical (unpaired) electrons. The molecule has 2 aromatic rings. The molecule has 2 heterocycles. The largest absolute Gasteiger partial charge is 0.508 e. The molecule has 2 amide bonds. The summed E-state index contributed by atoms with van der Waals surface area (Å²) in [5.74, 6) is -1.64. The number of aliphatic carboxylic acids is 1. The van der Waals surface area contributed by atoms with Crippen LogP contribution >= 0.6 is 11.8 Å². The van der Waals surface area contributed by atoms with Gasteiger partial charge >= 0.3 is 5.97 Å². The predicted molar refractivity (Wildman–Crippen MR) is 106 cm³/mol. The second kappa shape index (κ2) is 9.06. The molecule has 10 nitrogen and oxygen atoms in total. The normalized spacial score (nSPS) is 17.9. The van der Waals surface area contributed by atoms with Crippen molar-refractivity contribution in [3.8, 4) is 5.75 Å². The maximum Gasteiger partial charge on any atom is 0.322 e. The van der Waals surface area contributed by atoms with Crippen molar-refractivity contribution in [2.75, 3.05) is 11.4 Å². The van der Waals surface area contributed by atoms with E-state index in [1.165, 1.54) is 41.6 Å². The number of thioether (sulfide) groups is 1. The van der Waals surface area contributed by atoms with Crippen LogP contribution in [0.4, 0.5) is 5.69 Å². The fourth-order valence-corrected chi connectivity index (χ4v) is 3.51. The Hall–Kier alpha value is -3.60. The van der Waals surface area contributed by atoms with E-state index in [4.69, 9.17) is 9.52 Å². The summed E-state index contributed by atoms with van der Waals surface area (Å²) in [4.78, 5) is 36.7. The zero-order valence-electron chi connectivity index (χ0n) is 14.9. The van der Waals surface area contributed by atoms with E-state index in [1.54, 1.807) is 12.1 Å². The molecule has 1 aromatic carbocycles. The fourth-order valence-electron chi connectivity index (χ4n) is 2.42. The summed E-state index contributed by atoms with van der Waals surface area (Å²) >= 11 is 1.04. The Labute approximate surface area is 168 Å². The van der Waals surface area contributed by atoms with Crippen LogP contribution in [0.5, 0.6) is 5.75 Å². The van der Waals surface area contributed by atoms with Gasteiger partial charge in [-0.05, 0) is 36.4 Å². The Morgan fingerprint density at radius 1 is 1.28 bits per heavy atom. The van der Waals surface area contributed by atoms with Crippen LogP contribution in [0.15, 0.2) is 57.3 Å². The van der Waals surface area contributed by atoms with Crippen LogP contribution < -0.4 is 10.2 Å². The van der Waals surface area contributed by atoms with Gasteiger partial charge in [0, 0.05) is 6.42 Å². The van der Waals surface area contributed by atoms with Gasteiger partial charge in [0.2, 0.25) is 11.8 Å². The van der Waals surface area contributed by atoms with Gasteiger partial charge in [0.05, 0.1) is 18.2 Å². The number of carbonyl (C=O) groups is 3. The van der Waals surface area contributed by atoms with Crippen LogP contribution in [0.3, 0.4) is 0 Å². The Morgan fingerprint density at radius 2 is 2.03 bits per heavy atom. The molecule has 3 rings (SSSR count). The molecule has 1 aliphatic rings. The summed E-state index contributed by atoms with van der Waals surface area (Å²) in [6.07, 6.45) is 2.64. The highest BCUT2D eigenvalue weighted by molar-refractivity contribution is 8.16. The number of aromatic hydroxyl groups is 1. The highest BCUT2D eigenvalue weighted by atomic mass is 32.2. The third kappa shape index (κ3) is 5.23. The quantitative estimate of drug-likeness (QED) is 0.457. The third-order valence-electron chi connectivity index (χ3n) is 3.72. The van der Waals surface area contributed by atoms with Crippen molar-refractivity contribution in [2.24, 2.45) is 10.2 Å². The lowest BCUT2D eigenvalue weighted by Crippen LogP contribution is -2.36. The van der Waals surface area contributed by atoms with Gasteiger partial charge in [-0.2, -0.15) is 5.10 Å². The summed E-state index contributed by atoms with van der Waals surface area (Å²) in [7, 11) is 0. The van der Waals surface area contributed by atoms with Gasteiger partial charge in [-0.1, -0.05) is 11.8 Å². The molecule has 0 spiro atoms. The minimum Gasteiger partial charge on any atom is -0.508 e. The number of hydrogen-bond acceptors (Lipinski definition) is 8. The van der Waals surface area contributed by atoms with E-state index in [9.17, 15) is 19.5 Å². The smallest absolute Gasteiger partial charge is 0.322 e. The number of benzene rings is 1. The minimum absolute atomic E-state index is 0.0342. The molecular formula is C18H16N4O6S. The number of amides is 2. The number of furan rings is 1. The van der Waals surface area contributed by atoms with Gasteiger partial charge in [-0.3, -0.25) is 19.3 Å². The van der Waals surface area contributed by atoms with Gasteiger partial charge in [-0.15, -0.1) is 5.10 Å². The highest BCUT2D eigenvalue weighted by Crippen LogP contribution is 2.34. The molecule has 0 saturated carbocycles. The van der Waals surface area contributed by atoms with Crippen LogP contribution in [-0.4, -0.2) is 51.2 Å². The van der Waals surface area contributed by atoms with Crippen LogP contribution in [0.25, 0.3) is 0 Å². The molecule has 1 atom stereocenters. The zero-order valence-corrected chi connectivity index (χ0v) is 15.7. The average Bonchev–Trinajstić information content (AvgIpc) is 3.30. The molecule has 1 aliphatic heterocycles. The van der Waals surface area contributed by atoms with Crippen LogP contribution in [-0.2, 0) is 14.4 Å². The van der Waals surface area contributed by atoms with Crippen LogP contribution in [0, 0.1) is 0 Å². The molecule has 1 fully saturated rings. The maximum absolute atomic E-state index is 12.9. The Balaban J connectivity index is 1.81. The van der Waals surface area contributed by atoms with E-state index in [1.807, 2.05) is 0 Å². The molecule has 1 unspecified atom stereocenters. The minimum atomic E-state index is -1.18. The first-order valence-corrected chi connectivity index (χ1v) is 9.24. The first-order chi connectivity index (χ1) is 13.9. The highest BCUT2D eigenvalue weighted by Gasteiger charge is 2.40. The van der Waals surface area contributed by atoms with Gasteiger partial charge in [0.15, 0.2) is 5.17 Å². The number of anilines is 1. The number of phenols is 1.